The van der Waals surface area contributed by atoms with E-state index in [9.17, 15) is 4.79 Å². The number of imidazole rings is 1. The summed E-state index contributed by atoms with van der Waals surface area (Å²) < 4.78 is 2.31. The summed E-state index contributed by atoms with van der Waals surface area (Å²) in [6.07, 6.45) is 4.53. The molecule has 3 rings (SSSR count). The normalized spacial score (nSPS) is 23.5. The SMILES string of the molecule is CN1CCC(c2nc(CC(=O)O)c3n2CCCC3)C1. The molecule has 0 radical (unpaired) electrons. The van der Waals surface area contributed by atoms with Crippen LogP contribution >= 0.6 is 0 Å². The van der Waals surface area contributed by atoms with Gasteiger partial charge in [-0.3, -0.25) is 4.79 Å². The average Bonchev–Trinajstić information content (AvgIpc) is 2.94. The summed E-state index contributed by atoms with van der Waals surface area (Å²) in [6, 6.07) is 0. The number of carboxylic acids is 1. The van der Waals surface area contributed by atoms with Crippen LogP contribution in [0.2, 0.25) is 0 Å². The summed E-state index contributed by atoms with van der Waals surface area (Å²) in [5, 5.41) is 9.03. The van der Waals surface area contributed by atoms with Crippen LogP contribution < -0.4 is 0 Å². The van der Waals surface area contributed by atoms with Crippen LogP contribution in [0.4, 0.5) is 0 Å². The second kappa shape index (κ2) is 4.96. The lowest BCUT2D eigenvalue weighted by atomic mass is 10.1. The molecule has 0 bridgehead atoms. The van der Waals surface area contributed by atoms with E-state index in [1.54, 1.807) is 0 Å². The molecule has 1 atom stereocenters. The van der Waals surface area contributed by atoms with Gasteiger partial charge in [-0.25, -0.2) is 4.98 Å². The minimum Gasteiger partial charge on any atom is -0.481 e. The van der Waals surface area contributed by atoms with Crippen molar-refractivity contribution in [3.05, 3.63) is 17.2 Å². The molecule has 5 heteroatoms. The molecule has 0 aromatic carbocycles. The number of rotatable bonds is 3. The molecule has 1 unspecified atom stereocenters. The van der Waals surface area contributed by atoms with Crippen molar-refractivity contribution in [3.63, 3.8) is 0 Å². The van der Waals surface area contributed by atoms with Crippen LogP contribution in [0.3, 0.4) is 0 Å². The van der Waals surface area contributed by atoms with E-state index in [0.717, 1.165) is 50.4 Å². The Labute approximate surface area is 113 Å². The van der Waals surface area contributed by atoms with Crippen molar-refractivity contribution in [1.29, 1.82) is 0 Å². The van der Waals surface area contributed by atoms with Crippen molar-refractivity contribution >= 4 is 5.97 Å². The average molecular weight is 263 g/mol. The maximum absolute atomic E-state index is 11.0. The third kappa shape index (κ3) is 2.39. The van der Waals surface area contributed by atoms with Crippen LogP contribution in [0.5, 0.6) is 0 Å². The Balaban J connectivity index is 1.95. The number of aliphatic carboxylic acids is 1. The Morgan fingerprint density at radius 3 is 2.95 bits per heavy atom. The maximum atomic E-state index is 11.0. The molecule has 0 aliphatic carbocycles. The minimum atomic E-state index is -0.776. The molecule has 1 fully saturated rings. The van der Waals surface area contributed by atoms with Crippen LogP contribution in [-0.4, -0.2) is 45.7 Å². The molecule has 2 aliphatic rings. The number of hydrogen-bond donors (Lipinski definition) is 1. The first-order valence-electron chi connectivity index (χ1n) is 7.13. The van der Waals surface area contributed by atoms with E-state index in [0.29, 0.717) is 5.92 Å². The van der Waals surface area contributed by atoms with Crippen molar-refractivity contribution < 1.29 is 9.90 Å². The topological polar surface area (TPSA) is 58.4 Å². The molecule has 0 spiro atoms. The number of fused-ring (bicyclic) bond motifs is 1. The van der Waals surface area contributed by atoms with Gasteiger partial charge in [-0.05, 0) is 39.3 Å². The third-order valence-corrected chi connectivity index (χ3v) is 4.31. The van der Waals surface area contributed by atoms with E-state index in [1.165, 1.54) is 12.1 Å². The predicted molar refractivity (Wildman–Crippen MR) is 71.4 cm³/mol. The molecule has 104 valence electrons. The Kier molecular flexibility index (Phi) is 3.31. The number of carboxylic acid groups (broad SMARTS) is 1. The second-order valence-electron chi connectivity index (χ2n) is 5.79. The molecule has 2 aliphatic heterocycles. The number of aromatic nitrogens is 2. The van der Waals surface area contributed by atoms with E-state index < -0.39 is 5.97 Å². The zero-order chi connectivity index (χ0) is 13.4. The van der Waals surface area contributed by atoms with Gasteiger partial charge in [0.25, 0.3) is 0 Å². The highest BCUT2D eigenvalue weighted by atomic mass is 16.4. The van der Waals surface area contributed by atoms with Gasteiger partial charge in [-0.2, -0.15) is 0 Å². The lowest BCUT2D eigenvalue weighted by molar-refractivity contribution is -0.136. The highest BCUT2D eigenvalue weighted by Gasteiger charge is 2.29. The monoisotopic (exact) mass is 263 g/mol. The number of likely N-dealkylation sites (tertiary alicyclic amines) is 1. The first kappa shape index (κ1) is 12.7. The van der Waals surface area contributed by atoms with Crippen molar-refractivity contribution in [3.8, 4) is 0 Å². The van der Waals surface area contributed by atoms with Gasteiger partial charge in [0.2, 0.25) is 0 Å². The van der Waals surface area contributed by atoms with Gasteiger partial charge < -0.3 is 14.6 Å². The smallest absolute Gasteiger partial charge is 0.309 e. The maximum Gasteiger partial charge on any atom is 0.309 e. The largest absolute Gasteiger partial charge is 0.481 e. The van der Waals surface area contributed by atoms with Crippen LogP contribution in [0, 0.1) is 0 Å². The van der Waals surface area contributed by atoms with E-state index in [-0.39, 0.29) is 6.42 Å². The van der Waals surface area contributed by atoms with Gasteiger partial charge in [-0.1, -0.05) is 0 Å². The summed E-state index contributed by atoms with van der Waals surface area (Å²) >= 11 is 0. The highest BCUT2D eigenvalue weighted by Crippen LogP contribution is 2.30. The van der Waals surface area contributed by atoms with Crippen LogP contribution in [0.1, 0.15) is 42.4 Å². The Bertz CT molecular complexity index is 495. The van der Waals surface area contributed by atoms with Gasteiger partial charge in [0.15, 0.2) is 0 Å². The van der Waals surface area contributed by atoms with Gasteiger partial charge in [0, 0.05) is 24.7 Å². The fourth-order valence-electron chi connectivity index (χ4n) is 3.39. The third-order valence-electron chi connectivity index (χ3n) is 4.31. The Morgan fingerprint density at radius 1 is 1.42 bits per heavy atom. The summed E-state index contributed by atoms with van der Waals surface area (Å²) in [7, 11) is 2.14. The van der Waals surface area contributed by atoms with Gasteiger partial charge in [-0.15, -0.1) is 0 Å². The minimum absolute atomic E-state index is 0.0674. The zero-order valence-electron chi connectivity index (χ0n) is 11.4. The first-order valence-corrected chi connectivity index (χ1v) is 7.13. The summed E-state index contributed by atoms with van der Waals surface area (Å²) in [5.74, 6) is 0.834. The molecule has 3 heterocycles. The summed E-state index contributed by atoms with van der Waals surface area (Å²) in [6.45, 7) is 3.17. The van der Waals surface area contributed by atoms with Gasteiger partial charge in [0.05, 0.1) is 12.1 Å². The number of carbonyl (C=O) groups is 1. The lowest BCUT2D eigenvalue weighted by Gasteiger charge is -2.19. The molecule has 1 aromatic heterocycles. The van der Waals surface area contributed by atoms with Crippen LogP contribution in [-0.2, 0) is 24.2 Å². The first-order chi connectivity index (χ1) is 9.15. The van der Waals surface area contributed by atoms with Crippen molar-refractivity contribution in [1.82, 2.24) is 14.5 Å². The van der Waals surface area contributed by atoms with Crippen molar-refractivity contribution in [2.45, 2.75) is 44.6 Å². The molecular weight excluding hydrogens is 242 g/mol. The second-order valence-corrected chi connectivity index (χ2v) is 5.79. The molecule has 19 heavy (non-hydrogen) atoms. The molecule has 0 saturated carbocycles. The fourth-order valence-corrected chi connectivity index (χ4v) is 3.39. The number of nitrogens with zero attached hydrogens (tertiary/aromatic N) is 3. The highest BCUT2D eigenvalue weighted by molar-refractivity contribution is 5.70. The standard InChI is InChI=1S/C14H21N3O2/c1-16-7-5-10(9-16)14-15-11(8-13(18)19)12-4-2-3-6-17(12)14/h10H,2-9H2,1H3,(H,18,19). The molecule has 1 aromatic rings. The van der Waals surface area contributed by atoms with Crippen molar-refractivity contribution in [2.24, 2.45) is 0 Å². The molecular formula is C14H21N3O2. The predicted octanol–water partition coefficient (Wildman–Crippen LogP) is 1.27. The number of hydrogen-bond acceptors (Lipinski definition) is 3. The zero-order valence-corrected chi connectivity index (χ0v) is 11.4. The lowest BCUT2D eigenvalue weighted by Crippen LogP contribution is -2.18. The van der Waals surface area contributed by atoms with E-state index >= 15 is 0 Å². The summed E-state index contributed by atoms with van der Waals surface area (Å²) in [4.78, 5) is 18.0. The van der Waals surface area contributed by atoms with Crippen LogP contribution in [0.15, 0.2) is 0 Å². The molecule has 1 saturated heterocycles. The molecule has 0 amide bonds. The van der Waals surface area contributed by atoms with Crippen LogP contribution in [0.25, 0.3) is 0 Å². The van der Waals surface area contributed by atoms with Gasteiger partial charge >= 0.3 is 5.97 Å². The van der Waals surface area contributed by atoms with E-state index in [2.05, 4.69) is 16.5 Å². The van der Waals surface area contributed by atoms with Gasteiger partial charge in [0.1, 0.15) is 5.82 Å². The quantitative estimate of drug-likeness (QED) is 0.892. The Hall–Kier alpha value is -1.36. The van der Waals surface area contributed by atoms with Crippen molar-refractivity contribution in [2.75, 3.05) is 20.1 Å². The molecule has 5 nitrogen and oxygen atoms in total. The fraction of sp³-hybridized carbons (Fsp3) is 0.714. The number of likely N-dealkylation sites (N-methyl/N-ethyl adjacent to an activating group) is 1. The Morgan fingerprint density at radius 2 is 2.26 bits per heavy atom. The molecule has 1 N–H and O–H groups in total. The summed E-state index contributed by atoms with van der Waals surface area (Å²) in [5.41, 5.74) is 1.98. The van der Waals surface area contributed by atoms with E-state index in [1.807, 2.05) is 0 Å². The van der Waals surface area contributed by atoms with E-state index in [4.69, 9.17) is 10.1 Å².